The summed E-state index contributed by atoms with van der Waals surface area (Å²) in [4.78, 5) is 87.6. The van der Waals surface area contributed by atoms with Gasteiger partial charge in [-0.25, -0.2) is 19.2 Å². The third-order valence-electron chi connectivity index (χ3n) is 12.2. The summed E-state index contributed by atoms with van der Waals surface area (Å²) in [7, 11) is 1.64. The highest BCUT2D eigenvalue weighted by molar-refractivity contribution is 6.32. The predicted octanol–water partition coefficient (Wildman–Crippen LogP) is 4.55. The Balaban J connectivity index is 0.00000297. The molecule has 3 fully saturated rings. The molecule has 2 aromatic carbocycles. The first-order valence-electron chi connectivity index (χ1n) is 21.7. The van der Waals surface area contributed by atoms with Gasteiger partial charge in [-0.05, 0) is 74.3 Å². The van der Waals surface area contributed by atoms with Gasteiger partial charge >= 0.3 is 29.8 Å². The number of anilines is 1. The van der Waals surface area contributed by atoms with Crippen molar-refractivity contribution in [2.75, 3.05) is 70.8 Å². The van der Waals surface area contributed by atoms with E-state index in [2.05, 4.69) is 10.2 Å². The molecule has 0 radical (unpaired) electrons. The lowest BCUT2D eigenvalue weighted by atomic mass is 9.99. The van der Waals surface area contributed by atoms with Crippen LogP contribution in [0.1, 0.15) is 76.0 Å². The van der Waals surface area contributed by atoms with E-state index >= 15 is 0 Å². The molecule has 0 spiro atoms. The van der Waals surface area contributed by atoms with Crippen LogP contribution >= 0.6 is 0 Å². The number of nitrogens with zero attached hydrogens (tertiary/aromatic N) is 6. The first-order chi connectivity index (χ1) is 29.0. The van der Waals surface area contributed by atoms with Crippen molar-refractivity contribution in [3.8, 4) is 0 Å². The summed E-state index contributed by atoms with van der Waals surface area (Å²) in [6, 6.07) is 11.5. The number of unbranched alkanes of at least 4 members (excludes halogenated alkanes) is 1. The second-order valence-corrected chi connectivity index (χ2v) is 15.9. The molecule has 60 heavy (non-hydrogen) atoms. The number of amides is 5. The van der Waals surface area contributed by atoms with Gasteiger partial charge in [0.1, 0.15) is 0 Å². The number of aryl methyl sites for hydroxylation is 2. The van der Waals surface area contributed by atoms with Gasteiger partial charge in [0, 0.05) is 90.1 Å². The number of hydrogen-bond donors (Lipinski definition) is 1. The van der Waals surface area contributed by atoms with Crippen LogP contribution in [0, 0.1) is 6.92 Å². The fourth-order valence-electron chi connectivity index (χ4n) is 8.83. The van der Waals surface area contributed by atoms with Crippen LogP contribution < -0.4 is 11.1 Å². The van der Waals surface area contributed by atoms with E-state index in [0.717, 1.165) is 36.1 Å². The Morgan fingerprint density at radius 1 is 0.850 bits per heavy atom. The van der Waals surface area contributed by atoms with Gasteiger partial charge in [0.15, 0.2) is 11.7 Å². The van der Waals surface area contributed by atoms with Crippen molar-refractivity contribution in [2.24, 2.45) is 7.05 Å². The average molecular weight is 832 g/mol. The van der Waals surface area contributed by atoms with Crippen LogP contribution in [-0.4, -0.2) is 143 Å². The van der Waals surface area contributed by atoms with Gasteiger partial charge in [-0.3, -0.25) is 19.1 Å². The standard InChI is InChI=1S/C42H55N7O9.C2H6/c1-4-5-24-56-39(52)38(51)47-22-20-45(21-23-47)31-11-15-46(16-12-31)37(50)35(27-29-25-28(2)36-34(26-29)57-41(54)44(36)3)58-42(55)48-17-13-32(14-18-48)49-19-10-30-8-6-7-9-33(30)43-40(49)53;1-2/h6-9,25-26,31-32,35H,4-5,10-24,27H2,1-3H3,(H,43,53);1-2H3/t35-;/m1./s1. The number of aromatic nitrogens is 1. The molecule has 16 nitrogen and oxygen atoms in total. The van der Waals surface area contributed by atoms with Crippen LogP contribution in [0.25, 0.3) is 11.1 Å². The lowest BCUT2D eigenvalue weighted by molar-refractivity contribution is -0.161. The van der Waals surface area contributed by atoms with Gasteiger partial charge in [0.2, 0.25) is 0 Å². The number of carbonyl (C=O) groups excluding carboxylic acids is 5. The van der Waals surface area contributed by atoms with Gasteiger partial charge in [0.05, 0.1) is 12.1 Å². The van der Waals surface area contributed by atoms with Crippen molar-refractivity contribution >= 4 is 46.7 Å². The van der Waals surface area contributed by atoms with Crippen LogP contribution in [0.5, 0.6) is 0 Å². The third-order valence-corrected chi connectivity index (χ3v) is 12.2. The highest BCUT2D eigenvalue weighted by Crippen LogP contribution is 2.27. The number of esters is 1. The number of oxazole rings is 1. The largest absolute Gasteiger partial charge is 0.459 e. The molecule has 16 heteroatoms. The monoisotopic (exact) mass is 831 g/mol. The summed E-state index contributed by atoms with van der Waals surface area (Å²) in [5, 5.41) is 3.04. The van der Waals surface area contributed by atoms with Crippen LogP contribution in [0.2, 0.25) is 0 Å². The van der Waals surface area contributed by atoms with E-state index in [1.54, 1.807) is 27.8 Å². The van der Waals surface area contributed by atoms with Gasteiger partial charge < -0.3 is 38.8 Å². The molecule has 0 aliphatic carbocycles. The molecule has 7 rings (SSSR count). The molecule has 4 aliphatic rings. The van der Waals surface area contributed by atoms with E-state index in [-0.39, 0.29) is 37.0 Å². The van der Waals surface area contributed by atoms with Crippen molar-refractivity contribution in [2.45, 2.75) is 97.2 Å². The minimum Gasteiger partial charge on any atom is -0.459 e. The lowest BCUT2D eigenvalue weighted by Crippen LogP contribution is -2.56. The van der Waals surface area contributed by atoms with E-state index in [1.807, 2.05) is 62.9 Å². The number of nitrogens with one attached hydrogen (secondary N) is 1. The highest BCUT2D eigenvalue weighted by atomic mass is 16.6. The van der Waals surface area contributed by atoms with Crippen molar-refractivity contribution < 1.29 is 37.9 Å². The number of likely N-dealkylation sites (tertiary alicyclic amines) is 2. The Hall–Kier alpha value is -5.38. The summed E-state index contributed by atoms with van der Waals surface area (Å²) < 4.78 is 18.1. The molecule has 5 heterocycles. The number of benzene rings is 2. The number of fused-ring (bicyclic) bond motifs is 2. The third kappa shape index (κ3) is 10.1. The van der Waals surface area contributed by atoms with Gasteiger partial charge in [-0.2, -0.15) is 0 Å². The molecular weight excluding hydrogens is 771 g/mol. The molecule has 1 N–H and O–H groups in total. The lowest BCUT2D eigenvalue weighted by Gasteiger charge is -2.43. The Morgan fingerprint density at radius 2 is 1.52 bits per heavy atom. The topological polar surface area (TPSA) is 167 Å². The number of para-hydroxylation sites is 1. The Morgan fingerprint density at radius 3 is 2.22 bits per heavy atom. The van der Waals surface area contributed by atoms with E-state index in [0.29, 0.717) is 101 Å². The molecule has 5 amide bonds. The zero-order valence-electron chi connectivity index (χ0n) is 35.8. The number of piperazine rings is 1. The maximum absolute atomic E-state index is 14.3. The van der Waals surface area contributed by atoms with Gasteiger partial charge in [0.25, 0.3) is 5.91 Å². The molecule has 4 aliphatic heterocycles. The van der Waals surface area contributed by atoms with Crippen LogP contribution in [0.4, 0.5) is 15.3 Å². The molecule has 1 aromatic heterocycles. The fourth-order valence-corrected chi connectivity index (χ4v) is 8.83. The first-order valence-corrected chi connectivity index (χ1v) is 21.7. The van der Waals surface area contributed by atoms with Crippen LogP contribution in [0.3, 0.4) is 0 Å². The van der Waals surface area contributed by atoms with E-state index in [4.69, 9.17) is 13.9 Å². The van der Waals surface area contributed by atoms with E-state index in [1.165, 1.54) is 4.57 Å². The average Bonchev–Trinajstić information content (AvgIpc) is 3.45. The van der Waals surface area contributed by atoms with Crippen molar-refractivity contribution in [1.82, 2.24) is 29.1 Å². The maximum Gasteiger partial charge on any atom is 0.419 e. The quantitative estimate of drug-likeness (QED) is 0.184. The Labute approximate surface area is 351 Å². The van der Waals surface area contributed by atoms with Gasteiger partial charge in [-0.15, -0.1) is 0 Å². The molecule has 0 saturated carbocycles. The highest BCUT2D eigenvalue weighted by Gasteiger charge is 2.37. The summed E-state index contributed by atoms with van der Waals surface area (Å²) in [5.41, 5.74) is 4.49. The second kappa shape index (κ2) is 20.3. The Bertz CT molecular complexity index is 2060. The van der Waals surface area contributed by atoms with Crippen molar-refractivity contribution in [3.63, 3.8) is 0 Å². The number of urea groups is 1. The SMILES string of the molecule is CC.CCCCOC(=O)C(=O)N1CCN(C2CCN(C(=O)[C@@H](Cc3cc(C)c4c(c3)oc(=O)n4C)OC(=O)N3CCC(N4CCc5ccccc5NC4=O)CC3)CC2)CC1. The predicted molar refractivity (Wildman–Crippen MR) is 226 cm³/mol. The number of carbonyl (C=O) groups is 5. The molecule has 326 valence electrons. The van der Waals surface area contributed by atoms with Gasteiger partial charge in [-0.1, -0.05) is 51.5 Å². The minimum absolute atomic E-state index is 0.0390. The van der Waals surface area contributed by atoms with Crippen molar-refractivity contribution in [1.29, 1.82) is 0 Å². The zero-order chi connectivity index (χ0) is 42.9. The molecular formula is C44H61N7O9. The zero-order valence-corrected chi connectivity index (χ0v) is 35.8. The first kappa shape index (κ1) is 44.2. The molecule has 3 saturated heterocycles. The summed E-state index contributed by atoms with van der Waals surface area (Å²) in [6.07, 6.45) is 3.33. The van der Waals surface area contributed by atoms with Crippen LogP contribution in [-0.2, 0) is 43.7 Å². The maximum atomic E-state index is 14.3. The Kier molecular flexibility index (Phi) is 14.9. The molecule has 0 bridgehead atoms. The fraction of sp³-hybridized carbons (Fsp3) is 0.591. The van der Waals surface area contributed by atoms with E-state index in [9.17, 15) is 28.8 Å². The normalized spacial score (nSPS) is 18.5. The van der Waals surface area contributed by atoms with Crippen molar-refractivity contribution in [3.05, 3.63) is 63.6 Å². The number of rotatable bonds is 9. The smallest absolute Gasteiger partial charge is 0.419 e. The minimum atomic E-state index is -1.12. The molecule has 0 unspecified atom stereocenters. The summed E-state index contributed by atoms with van der Waals surface area (Å²) >= 11 is 0. The number of piperidine rings is 2. The second-order valence-electron chi connectivity index (χ2n) is 15.9. The summed E-state index contributed by atoms with van der Waals surface area (Å²) in [6.45, 7) is 12.5. The number of hydrogen-bond acceptors (Lipinski definition) is 10. The van der Waals surface area contributed by atoms with Crippen LogP contribution in [0.15, 0.2) is 45.6 Å². The summed E-state index contributed by atoms with van der Waals surface area (Å²) in [5.74, 6) is -2.17. The number of ether oxygens (including phenoxy) is 2. The molecule has 1 atom stereocenters. The van der Waals surface area contributed by atoms with E-state index < -0.39 is 29.8 Å². The molecule has 3 aromatic rings.